The van der Waals surface area contributed by atoms with Gasteiger partial charge in [0, 0.05) is 95.7 Å². The lowest BCUT2D eigenvalue weighted by molar-refractivity contribution is 0.0615. The van der Waals surface area contributed by atoms with Crippen LogP contribution in [0.2, 0.25) is 10.0 Å². The Morgan fingerprint density at radius 2 is 1.21 bits per heavy atom. The number of thiazole rings is 2. The number of anilines is 2. The van der Waals surface area contributed by atoms with Gasteiger partial charge in [0.1, 0.15) is 12.5 Å². The maximum absolute atomic E-state index is 14.4. The number of ether oxygens (including phenoxy) is 1. The number of carbonyl (C=O) groups is 2. The lowest BCUT2D eigenvalue weighted by atomic mass is 10.1. The van der Waals surface area contributed by atoms with Gasteiger partial charge in [-0.25, -0.2) is 28.7 Å². The van der Waals surface area contributed by atoms with Crippen LogP contribution in [0, 0.1) is 11.6 Å². The van der Waals surface area contributed by atoms with Crippen LogP contribution < -0.4 is 10.1 Å². The quantitative estimate of drug-likeness (QED) is 0.113. The second-order valence-electron chi connectivity index (χ2n) is 16.8. The average molecular weight is 1070 g/mol. The van der Waals surface area contributed by atoms with Gasteiger partial charge in [0.05, 0.1) is 70.4 Å². The molecule has 6 aromatic heterocycles. The highest BCUT2D eigenvalue weighted by molar-refractivity contribution is 7.13. The van der Waals surface area contributed by atoms with Crippen molar-refractivity contribution in [2.75, 3.05) is 64.8 Å². The highest BCUT2D eigenvalue weighted by atomic mass is 35.5. The zero-order valence-electron chi connectivity index (χ0n) is 39.3. The van der Waals surface area contributed by atoms with Crippen molar-refractivity contribution in [3.8, 4) is 0 Å². The Balaban J connectivity index is 0.000000180. The van der Waals surface area contributed by atoms with Gasteiger partial charge in [-0.15, -0.1) is 22.7 Å². The SMILES string of the molecule is COCn1ccsc1=Nc1cc(Cn2nccn2)cc(CN2CCN(C(=O)c3cccc(Cl)c3F)CC2)n1.O=C(c1cccc(Cl)c1F)N1CCN(Cc2cc(Cn3nccn3)cc(Nc3nccs3)n2)CC1. The highest BCUT2D eigenvalue weighted by Crippen LogP contribution is 2.24. The van der Waals surface area contributed by atoms with E-state index in [9.17, 15) is 18.4 Å². The maximum Gasteiger partial charge on any atom is 0.256 e. The highest BCUT2D eigenvalue weighted by Gasteiger charge is 2.27. The summed E-state index contributed by atoms with van der Waals surface area (Å²) < 4.78 is 35.8. The molecule has 1 N–H and O–H groups in total. The Kier molecular flexibility index (Phi) is 17.0. The Morgan fingerprint density at radius 1 is 0.671 bits per heavy atom. The number of pyridine rings is 2. The molecule has 2 aromatic carbocycles. The number of amides is 2. The number of nitrogens with zero attached hydrogens (tertiary/aromatic N) is 15. The minimum absolute atomic E-state index is 0.00177. The number of hydrogen-bond donors (Lipinski definition) is 1. The van der Waals surface area contributed by atoms with Crippen molar-refractivity contribution in [3.05, 3.63) is 169 Å². The molecule has 0 aliphatic carbocycles. The van der Waals surface area contributed by atoms with Gasteiger partial charge in [0.25, 0.3) is 11.8 Å². The lowest BCUT2D eigenvalue weighted by Gasteiger charge is -2.34. The molecule has 10 rings (SSSR count). The number of halogens is 4. The molecule has 73 heavy (non-hydrogen) atoms. The van der Waals surface area contributed by atoms with Gasteiger partial charge in [-0.05, 0) is 59.7 Å². The Bertz CT molecular complexity index is 3130. The van der Waals surface area contributed by atoms with Gasteiger partial charge in [0.2, 0.25) is 0 Å². The summed E-state index contributed by atoms with van der Waals surface area (Å²) in [6.45, 7) is 7.09. The first-order chi connectivity index (χ1) is 35.5. The largest absolute Gasteiger partial charge is 0.364 e. The average Bonchev–Trinajstić information content (AvgIpc) is 4.26. The van der Waals surface area contributed by atoms with Gasteiger partial charge in [-0.1, -0.05) is 35.3 Å². The van der Waals surface area contributed by atoms with Crippen LogP contribution in [0.15, 0.2) is 114 Å². The van der Waals surface area contributed by atoms with E-state index in [-0.39, 0.29) is 33.0 Å². The molecule has 0 bridgehead atoms. The number of methoxy groups -OCH3 is 1. The number of piperazine rings is 2. The van der Waals surface area contributed by atoms with Crippen LogP contribution in [0.25, 0.3) is 0 Å². The molecule has 0 atom stereocenters. The van der Waals surface area contributed by atoms with Crippen LogP contribution >= 0.6 is 45.9 Å². The molecule has 2 saturated heterocycles. The minimum atomic E-state index is -0.678. The van der Waals surface area contributed by atoms with Crippen molar-refractivity contribution in [1.29, 1.82) is 0 Å². The van der Waals surface area contributed by atoms with Crippen LogP contribution in [0.1, 0.15) is 43.2 Å². The first-order valence-electron chi connectivity index (χ1n) is 23.0. The van der Waals surface area contributed by atoms with E-state index in [0.29, 0.717) is 96.9 Å². The molecule has 19 nitrogen and oxygen atoms in total. The number of benzene rings is 2. The topological polar surface area (TPSA) is 186 Å². The lowest BCUT2D eigenvalue weighted by Crippen LogP contribution is -2.48. The molecular weight excluding hydrogens is 1020 g/mol. The molecule has 378 valence electrons. The second-order valence-corrected chi connectivity index (χ2v) is 19.4. The Hall–Kier alpha value is -6.86. The fraction of sp³-hybridized carbons (Fsp3) is 0.292. The number of aromatic nitrogens is 10. The number of nitrogens with one attached hydrogen (secondary N) is 1. The number of rotatable bonds is 15. The van der Waals surface area contributed by atoms with Gasteiger partial charge >= 0.3 is 0 Å². The monoisotopic (exact) mass is 1070 g/mol. The van der Waals surface area contributed by atoms with E-state index < -0.39 is 11.6 Å². The maximum atomic E-state index is 14.4. The molecule has 2 fully saturated rings. The van der Waals surface area contributed by atoms with Crippen molar-refractivity contribution in [3.63, 3.8) is 0 Å². The summed E-state index contributed by atoms with van der Waals surface area (Å²) in [6.07, 6.45) is 10.2. The van der Waals surface area contributed by atoms with Gasteiger partial charge in [0.15, 0.2) is 27.4 Å². The molecule has 8 heterocycles. The predicted octanol–water partition coefficient (Wildman–Crippen LogP) is 6.84. The van der Waals surface area contributed by atoms with E-state index >= 15 is 0 Å². The summed E-state index contributed by atoms with van der Waals surface area (Å²) >= 11 is 14.7. The summed E-state index contributed by atoms with van der Waals surface area (Å²) in [4.78, 5) is 56.1. The van der Waals surface area contributed by atoms with Crippen molar-refractivity contribution in [2.45, 2.75) is 32.9 Å². The van der Waals surface area contributed by atoms with E-state index in [1.807, 2.05) is 45.8 Å². The summed E-state index contributed by atoms with van der Waals surface area (Å²) in [5, 5.41) is 24.6. The molecule has 2 amide bonds. The Labute approximate surface area is 435 Å². The predicted molar refractivity (Wildman–Crippen MR) is 272 cm³/mol. The smallest absolute Gasteiger partial charge is 0.256 e. The van der Waals surface area contributed by atoms with Crippen molar-refractivity contribution in [2.24, 2.45) is 4.99 Å². The summed E-state index contributed by atoms with van der Waals surface area (Å²) in [5.74, 6) is -0.756. The van der Waals surface area contributed by atoms with Crippen molar-refractivity contribution < 1.29 is 23.1 Å². The van der Waals surface area contributed by atoms with Crippen LogP contribution in [-0.2, 0) is 37.6 Å². The summed E-state index contributed by atoms with van der Waals surface area (Å²) in [7, 11) is 1.64. The third-order valence-corrected chi connectivity index (χ3v) is 13.8. The summed E-state index contributed by atoms with van der Waals surface area (Å²) in [5.41, 5.74) is 3.72. The van der Waals surface area contributed by atoms with E-state index in [2.05, 4.69) is 40.5 Å². The van der Waals surface area contributed by atoms with Crippen molar-refractivity contribution in [1.82, 2.24) is 69.1 Å². The molecule has 2 aliphatic heterocycles. The van der Waals surface area contributed by atoms with E-state index in [4.69, 9.17) is 42.9 Å². The van der Waals surface area contributed by atoms with E-state index in [0.717, 1.165) is 32.4 Å². The first-order valence-corrected chi connectivity index (χ1v) is 25.5. The summed E-state index contributed by atoms with van der Waals surface area (Å²) in [6, 6.07) is 16.9. The molecule has 0 unspecified atom stereocenters. The zero-order chi connectivity index (χ0) is 50.7. The van der Waals surface area contributed by atoms with Crippen LogP contribution in [-0.4, -0.2) is 140 Å². The molecule has 0 saturated carbocycles. The number of carbonyl (C=O) groups excluding carboxylic acids is 2. The van der Waals surface area contributed by atoms with Gasteiger partial charge in [-0.3, -0.25) is 24.0 Å². The van der Waals surface area contributed by atoms with Crippen LogP contribution in [0.4, 0.5) is 25.5 Å². The van der Waals surface area contributed by atoms with Gasteiger partial charge in [-0.2, -0.15) is 30.0 Å². The second kappa shape index (κ2) is 24.2. The fourth-order valence-corrected chi connectivity index (χ4v) is 9.81. The minimum Gasteiger partial charge on any atom is -0.364 e. The standard InChI is InChI=1S/C25H26ClFN8O2S.C23H22ClFN8OS/c1-37-17-34-11-12-38-25(34)31-22-14-18(15-35-28-5-6-29-35)13-19(30-22)16-32-7-9-33(10-8-32)24(36)20-3-2-4-21(26)23(20)27;24-19-3-1-2-18(21(19)25)22(34)32-9-7-31(8-10-32)15-17-12-16(14-33-27-4-5-28-33)13-20(29-17)30-23-26-6-11-35-23/h2-6,11-14H,7-10,15-17H2,1H3;1-6,11-13H,7-10,14-15H2,(H,26,29,30). The van der Waals surface area contributed by atoms with Crippen molar-refractivity contribution >= 4 is 74.5 Å². The molecule has 0 spiro atoms. The van der Waals surface area contributed by atoms with Crippen LogP contribution in [0.3, 0.4) is 0 Å². The third-order valence-electron chi connectivity index (χ3n) is 11.7. The Morgan fingerprint density at radius 3 is 1.73 bits per heavy atom. The first kappa shape index (κ1) is 51.1. The molecule has 0 radical (unpaired) electrons. The fourth-order valence-electron chi connectivity index (χ4n) is 8.20. The third kappa shape index (κ3) is 13.4. The zero-order valence-corrected chi connectivity index (χ0v) is 42.5. The van der Waals surface area contributed by atoms with Crippen LogP contribution in [0.5, 0.6) is 0 Å². The molecule has 2 aliphatic rings. The molecular formula is C48H48Cl2F2N16O3S2. The van der Waals surface area contributed by atoms with Gasteiger partial charge < -0.3 is 19.9 Å². The normalized spacial score (nSPS) is 14.6. The van der Waals surface area contributed by atoms with E-state index in [1.165, 1.54) is 46.9 Å². The molecule has 25 heteroatoms. The molecule has 8 aromatic rings. The number of hydrogen-bond acceptors (Lipinski definition) is 16. The van der Waals surface area contributed by atoms with E-state index in [1.54, 1.807) is 69.6 Å².